The summed E-state index contributed by atoms with van der Waals surface area (Å²) in [4.78, 5) is 3.69. The summed E-state index contributed by atoms with van der Waals surface area (Å²) in [6.07, 6.45) is -3.45. The zero-order valence-electron chi connectivity index (χ0n) is 9.41. The molecule has 0 atom stereocenters. The SMILES string of the molecule is Cl.Nc1ccc(-c2c(C(F)(F)F)ccnc2Cl)cc1. The Kier molecular flexibility index (Phi) is 4.66. The molecule has 7 heteroatoms. The number of hydrogen-bond donors (Lipinski definition) is 1. The maximum atomic E-state index is 12.9. The van der Waals surface area contributed by atoms with Crippen molar-refractivity contribution in [2.24, 2.45) is 0 Å². The van der Waals surface area contributed by atoms with Gasteiger partial charge in [-0.25, -0.2) is 4.98 Å². The van der Waals surface area contributed by atoms with Gasteiger partial charge < -0.3 is 5.73 Å². The first kappa shape index (κ1) is 15.6. The first-order valence-electron chi connectivity index (χ1n) is 4.97. The van der Waals surface area contributed by atoms with Crippen molar-refractivity contribution < 1.29 is 13.2 Å². The summed E-state index contributed by atoms with van der Waals surface area (Å²) in [5.74, 6) is 0. The summed E-state index contributed by atoms with van der Waals surface area (Å²) in [6, 6.07) is 6.89. The van der Waals surface area contributed by atoms with Crippen molar-refractivity contribution in [1.29, 1.82) is 0 Å². The maximum Gasteiger partial charge on any atom is 0.417 e. The fourth-order valence-corrected chi connectivity index (χ4v) is 1.86. The molecule has 0 radical (unpaired) electrons. The van der Waals surface area contributed by atoms with E-state index in [1.165, 1.54) is 24.3 Å². The third-order valence-corrected chi connectivity index (χ3v) is 2.70. The van der Waals surface area contributed by atoms with Crippen LogP contribution in [-0.2, 0) is 6.18 Å². The van der Waals surface area contributed by atoms with Crippen molar-refractivity contribution in [2.45, 2.75) is 6.18 Å². The first-order chi connectivity index (χ1) is 8.39. The van der Waals surface area contributed by atoms with Crippen molar-refractivity contribution in [1.82, 2.24) is 4.98 Å². The van der Waals surface area contributed by atoms with Crippen molar-refractivity contribution in [3.63, 3.8) is 0 Å². The zero-order chi connectivity index (χ0) is 13.3. The van der Waals surface area contributed by atoms with Gasteiger partial charge in [0.1, 0.15) is 5.15 Å². The molecule has 2 N–H and O–H groups in total. The molecule has 102 valence electrons. The number of pyridine rings is 1. The normalized spacial score (nSPS) is 10.9. The molecule has 2 rings (SSSR count). The lowest BCUT2D eigenvalue weighted by molar-refractivity contribution is -0.137. The highest BCUT2D eigenvalue weighted by molar-refractivity contribution is 6.32. The largest absolute Gasteiger partial charge is 0.417 e. The smallest absolute Gasteiger partial charge is 0.399 e. The number of nitrogen functional groups attached to an aromatic ring is 1. The number of aromatic nitrogens is 1. The van der Waals surface area contributed by atoms with Crippen LogP contribution in [0.1, 0.15) is 5.56 Å². The summed E-state index contributed by atoms with van der Waals surface area (Å²) < 4.78 is 38.6. The Labute approximate surface area is 118 Å². The molecule has 0 saturated heterocycles. The summed E-state index contributed by atoms with van der Waals surface area (Å²) in [5, 5.41) is -0.186. The van der Waals surface area contributed by atoms with Crippen molar-refractivity contribution in [2.75, 3.05) is 5.73 Å². The van der Waals surface area contributed by atoms with Crippen molar-refractivity contribution in [3.05, 3.63) is 47.2 Å². The summed E-state index contributed by atoms with van der Waals surface area (Å²) >= 11 is 5.77. The van der Waals surface area contributed by atoms with Gasteiger partial charge in [-0.15, -0.1) is 12.4 Å². The van der Waals surface area contributed by atoms with Gasteiger partial charge in [-0.05, 0) is 23.8 Å². The molecule has 1 heterocycles. The number of nitrogens with two attached hydrogens (primary N) is 1. The van der Waals surface area contributed by atoms with Crippen LogP contribution in [0.2, 0.25) is 5.15 Å². The van der Waals surface area contributed by atoms with E-state index in [1.807, 2.05) is 0 Å². The number of alkyl halides is 3. The molecule has 2 nitrogen and oxygen atoms in total. The van der Waals surface area contributed by atoms with Gasteiger partial charge in [-0.2, -0.15) is 13.2 Å². The van der Waals surface area contributed by atoms with E-state index in [1.54, 1.807) is 0 Å². The Morgan fingerprint density at radius 3 is 2.16 bits per heavy atom. The molecule has 0 fully saturated rings. The van der Waals surface area contributed by atoms with E-state index >= 15 is 0 Å². The molecule has 0 aliphatic rings. The van der Waals surface area contributed by atoms with Crippen molar-refractivity contribution >= 4 is 29.7 Å². The Morgan fingerprint density at radius 2 is 1.63 bits per heavy atom. The van der Waals surface area contributed by atoms with E-state index in [0.29, 0.717) is 11.3 Å². The molecule has 0 aliphatic heterocycles. The average Bonchev–Trinajstić information content (AvgIpc) is 2.29. The molecule has 0 spiro atoms. The van der Waals surface area contributed by atoms with Gasteiger partial charge >= 0.3 is 6.18 Å². The fraction of sp³-hybridized carbons (Fsp3) is 0.0833. The highest BCUT2D eigenvalue weighted by Gasteiger charge is 2.34. The second-order valence-corrected chi connectivity index (χ2v) is 4.00. The van der Waals surface area contributed by atoms with Crippen LogP contribution < -0.4 is 5.73 Å². The molecule has 19 heavy (non-hydrogen) atoms. The van der Waals surface area contributed by atoms with Gasteiger partial charge in [-0.1, -0.05) is 23.7 Å². The molecule has 0 saturated carbocycles. The third kappa shape index (κ3) is 3.30. The quantitative estimate of drug-likeness (QED) is 0.625. The Morgan fingerprint density at radius 1 is 1.05 bits per heavy atom. The summed E-state index contributed by atoms with van der Waals surface area (Å²) in [7, 11) is 0. The summed E-state index contributed by atoms with van der Waals surface area (Å²) in [6.45, 7) is 0. The molecular weight excluding hydrogens is 300 g/mol. The summed E-state index contributed by atoms with van der Waals surface area (Å²) in [5.41, 5.74) is 5.34. The minimum atomic E-state index is -4.48. The van der Waals surface area contributed by atoms with E-state index in [-0.39, 0.29) is 23.1 Å². The second kappa shape index (κ2) is 5.67. The van der Waals surface area contributed by atoms with Crippen LogP contribution in [-0.4, -0.2) is 4.98 Å². The number of anilines is 1. The van der Waals surface area contributed by atoms with E-state index < -0.39 is 11.7 Å². The van der Waals surface area contributed by atoms with Gasteiger partial charge in [-0.3, -0.25) is 0 Å². The number of nitrogens with zero attached hydrogens (tertiary/aromatic N) is 1. The minimum absolute atomic E-state index is 0. The highest BCUT2D eigenvalue weighted by atomic mass is 35.5. The van der Waals surface area contributed by atoms with E-state index in [9.17, 15) is 13.2 Å². The van der Waals surface area contributed by atoms with Crippen LogP contribution in [0, 0.1) is 0 Å². The Bertz CT molecular complexity index is 568. The van der Waals surface area contributed by atoms with Gasteiger partial charge in [0.2, 0.25) is 0 Å². The van der Waals surface area contributed by atoms with E-state index in [2.05, 4.69) is 4.98 Å². The highest BCUT2D eigenvalue weighted by Crippen LogP contribution is 2.39. The van der Waals surface area contributed by atoms with Crippen LogP contribution >= 0.6 is 24.0 Å². The van der Waals surface area contributed by atoms with E-state index in [4.69, 9.17) is 17.3 Å². The molecule has 1 aromatic carbocycles. The second-order valence-electron chi connectivity index (χ2n) is 3.64. The maximum absolute atomic E-state index is 12.9. The standard InChI is InChI=1S/C12H8ClF3N2.ClH/c13-11-10(7-1-3-8(17)4-2-7)9(5-6-18-11)12(14,15)16;/h1-6H,17H2;1H. The third-order valence-electron chi connectivity index (χ3n) is 2.41. The van der Waals surface area contributed by atoms with Crippen LogP contribution in [0.15, 0.2) is 36.5 Å². The fourth-order valence-electron chi connectivity index (χ4n) is 1.60. The number of benzene rings is 1. The van der Waals surface area contributed by atoms with Gasteiger partial charge in [0.05, 0.1) is 5.56 Å². The zero-order valence-corrected chi connectivity index (χ0v) is 11.0. The molecule has 0 aliphatic carbocycles. The van der Waals surface area contributed by atoms with Crippen LogP contribution in [0.25, 0.3) is 11.1 Å². The van der Waals surface area contributed by atoms with Crippen LogP contribution in [0.4, 0.5) is 18.9 Å². The van der Waals surface area contributed by atoms with Crippen LogP contribution in [0.3, 0.4) is 0 Å². The lowest BCUT2D eigenvalue weighted by Gasteiger charge is -2.13. The van der Waals surface area contributed by atoms with Crippen molar-refractivity contribution in [3.8, 4) is 11.1 Å². The van der Waals surface area contributed by atoms with Gasteiger partial charge in [0.15, 0.2) is 0 Å². The lowest BCUT2D eigenvalue weighted by atomic mass is 10.0. The molecule has 2 aromatic rings. The monoisotopic (exact) mass is 308 g/mol. The number of halogens is 5. The first-order valence-corrected chi connectivity index (χ1v) is 5.35. The van der Waals surface area contributed by atoms with E-state index in [0.717, 1.165) is 12.3 Å². The lowest BCUT2D eigenvalue weighted by Crippen LogP contribution is -2.08. The molecule has 0 bridgehead atoms. The van der Waals surface area contributed by atoms with Gasteiger partial charge in [0, 0.05) is 17.4 Å². The topological polar surface area (TPSA) is 38.9 Å². The minimum Gasteiger partial charge on any atom is -0.399 e. The number of hydrogen-bond acceptors (Lipinski definition) is 2. The Balaban J connectivity index is 0.00000180. The van der Waals surface area contributed by atoms with Gasteiger partial charge in [0.25, 0.3) is 0 Å². The molecular formula is C12H9Cl2F3N2. The predicted molar refractivity (Wildman–Crippen MR) is 71.3 cm³/mol. The molecule has 0 amide bonds. The average molecular weight is 309 g/mol. The number of rotatable bonds is 1. The Hall–Kier alpha value is -1.46. The van der Waals surface area contributed by atoms with Crippen LogP contribution in [0.5, 0.6) is 0 Å². The molecule has 0 unspecified atom stereocenters. The predicted octanol–water partition coefficient (Wildman–Crippen LogP) is 4.42. The molecule has 1 aromatic heterocycles.